The molecule has 5 heteroatoms. The van der Waals surface area contributed by atoms with Gasteiger partial charge in [0.2, 0.25) is 0 Å². The third-order valence-electron chi connectivity index (χ3n) is 3.15. The fourth-order valence-electron chi connectivity index (χ4n) is 2.04. The summed E-state index contributed by atoms with van der Waals surface area (Å²) >= 11 is 5.49. The van der Waals surface area contributed by atoms with E-state index in [1.807, 2.05) is 32.0 Å². The average Bonchev–Trinajstić information content (AvgIpc) is 2.41. The van der Waals surface area contributed by atoms with Gasteiger partial charge in [0, 0.05) is 12.1 Å². The SMILES string of the molecule is CCn1nc(-c2cc(C)ccc2C)cc(C(=O)Cl)c1=O. The molecule has 0 fully saturated rings. The van der Waals surface area contributed by atoms with Crippen LogP contribution >= 0.6 is 11.6 Å². The van der Waals surface area contributed by atoms with E-state index in [4.69, 9.17) is 11.6 Å². The lowest BCUT2D eigenvalue weighted by atomic mass is 10.0. The van der Waals surface area contributed by atoms with E-state index in [1.165, 1.54) is 10.7 Å². The van der Waals surface area contributed by atoms with Crippen LogP contribution in [-0.4, -0.2) is 15.0 Å². The number of nitrogens with zero attached hydrogens (tertiary/aromatic N) is 2. The zero-order valence-corrected chi connectivity index (χ0v) is 12.4. The molecule has 2 aromatic rings. The minimum absolute atomic E-state index is 0.0422. The summed E-state index contributed by atoms with van der Waals surface area (Å²) in [7, 11) is 0. The van der Waals surface area contributed by atoms with E-state index in [0.29, 0.717) is 12.2 Å². The van der Waals surface area contributed by atoms with Crippen molar-refractivity contribution >= 4 is 16.8 Å². The van der Waals surface area contributed by atoms with Crippen molar-refractivity contribution < 1.29 is 4.79 Å². The highest BCUT2D eigenvalue weighted by molar-refractivity contribution is 6.67. The van der Waals surface area contributed by atoms with Gasteiger partial charge in [0.1, 0.15) is 5.56 Å². The number of hydrogen-bond acceptors (Lipinski definition) is 3. The average molecular weight is 291 g/mol. The highest BCUT2D eigenvalue weighted by Crippen LogP contribution is 2.22. The van der Waals surface area contributed by atoms with Crippen molar-refractivity contribution in [1.82, 2.24) is 9.78 Å². The number of hydrogen-bond donors (Lipinski definition) is 0. The maximum Gasteiger partial charge on any atom is 0.278 e. The van der Waals surface area contributed by atoms with Gasteiger partial charge in [-0.2, -0.15) is 5.10 Å². The van der Waals surface area contributed by atoms with E-state index >= 15 is 0 Å². The van der Waals surface area contributed by atoms with Crippen molar-refractivity contribution in [2.24, 2.45) is 0 Å². The van der Waals surface area contributed by atoms with Crippen molar-refractivity contribution in [3.63, 3.8) is 0 Å². The topological polar surface area (TPSA) is 52.0 Å². The fraction of sp³-hybridized carbons (Fsp3) is 0.267. The van der Waals surface area contributed by atoms with Gasteiger partial charge in [0.15, 0.2) is 0 Å². The number of benzene rings is 1. The Morgan fingerprint density at radius 2 is 2.00 bits per heavy atom. The normalized spacial score (nSPS) is 10.6. The van der Waals surface area contributed by atoms with E-state index in [0.717, 1.165) is 16.7 Å². The first-order chi connectivity index (χ1) is 9.43. The first-order valence-corrected chi connectivity index (χ1v) is 6.71. The van der Waals surface area contributed by atoms with Gasteiger partial charge in [0.05, 0.1) is 5.69 Å². The second-order valence-corrected chi connectivity index (χ2v) is 5.00. The third kappa shape index (κ3) is 2.65. The Morgan fingerprint density at radius 3 is 2.60 bits per heavy atom. The molecule has 1 heterocycles. The number of carbonyl (C=O) groups is 1. The lowest BCUT2D eigenvalue weighted by Crippen LogP contribution is -2.27. The van der Waals surface area contributed by atoms with E-state index in [1.54, 1.807) is 6.92 Å². The van der Waals surface area contributed by atoms with Gasteiger partial charge in [-0.25, -0.2) is 4.68 Å². The molecule has 1 aromatic carbocycles. The quantitative estimate of drug-likeness (QED) is 0.817. The van der Waals surface area contributed by atoms with Gasteiger partial charge >= 0.3 is 0 Å². The molecule has 2 rings (SSSR count). The van der Waals surface area contributed by atoms with Gasteiger partial charge in [-0.1, -0.05) is 17.7 Å². The summed E-state index contributed by atoms with van der Waals surface area (Å²) in [6.45, 7) is 6.12. The maximum absolute atomic E-state index is 12.0. The summed E-state index contributed by atoms with van der Waals surface area (Å²) in [5, 5.41) is 3.54. The monoisotopic (exact) mass is 290 g/mol. The van der Waals surface area contributed by atoms with Crippen LogP contribution in [0.25, 0.3) is 11.3 Å². The van der Waals surface area contributed by atoms with Crippen molar-refractivity contribution in [3.05, 3.63) is 51.3 Å². The molecule has 0 radical (unpaired) electrons. The van der Waals surface area contributed by atoms with E-state index < -0.39 is 10.8 Å². The zero-order chi connectivity index (χ0) is 14.9. The molecule has 0 spiro atoms. The Kier molecular flexibility index (Phi) is 4.04. The lowest BCUT2D eigenvalue weighted by molar-refractivity contribution is 0.107. The molecule has 0 aliphatic heterocycles. The van der Waals surface area contributed by atoms with Crippen LogP contribution in [0.4, 0.5) is 0 Å². The molecule has 20 heavy (non-hydrogen) atoms. The van der Waals surface area contributed by atoms with E-state index in [-0.39, 0.29) is 5.56 Å². The molecule has 0 amide bonds. The highest BCUT2D eigenvalue weighted by Gasteiger charge is 2.15. The predicted molar refractivity (Wildman–Crippen MR) is 79.3 cm³/mol. The number of halogens is 1. The van der Waals surface area contributed by atoms with Gasteiger partial charge in [0.25, 0.3) is 10.8 Å². The largest absolute Gasteiger partial charge is 0.278 e. The second-order valence-electron chi connectivity index (χ2n) is 4.66. The summed E-state index contributed by atoms with van der Waals surface area (Å²) in [6.07, 6.45) is 0. The summed E-state index contributed by atoms with van der Waals surface area (Å²) < 4.78 is 1.26. The van der Waals surface area contributed by atoms with Gasteiger partial charge in [-0.05, 0) is 50.1 Å². The van der Waals surface area contributed by atoms with Crippen LogP contribution in [0.3, 0.4) is 0 Å². The molecule has 0 bridgehead atoms. The minimum atomic E-state index is -0.758. The van der Waals surface area contributed by atoms with Crippen LogP contribution in [0.5, 0.6) is 0 Å². The molecule has 0 aliphatic carbocycles. The van der Waals surface area contributed by atoms with Crippen LogP contribution < -0.4 is 5.56 Å². The molecule has 0 saturated carbocycles. The number of carbonyl (C=O) groups excluding carboxylic acids is 1. The van der Waals surface area contributed by atoms with Crippen molar-refractivity contribution in [1.29, 1.82) is 0 Å². The first kappa shape index (κ1) is 14.5. The van der Waals surface area contributed by atoms with Crippen LogP contribution in [0.15, 0.2) is 29.1 Å². The predicted octanol–water partition coefficient (Wildman–Crippen LogP) is 2.93. The Bertz CT molecular complexity index is 735. The molecule has 0 saturated heterocycles. The second kappa shape index (κ2) is 5.59. The molecular formula is C15H15ClN2O2. The lowest BCUT2D eigenvalue weighted by Gasteiger charge is -2.10. The molecule has 4 nitrogen and oxygen atoms in total. The summed E-state index contributed by atoms with van der Waals surface area (Å²) in [4.78, 5) is 23.4. The van der Waals surface area contributed by atoms with Gasteiger partial charge in [-0.3, -0.25) is 9.59 Å². The minimum Gasteiger partial charge on any atom is -0.275 e. The smallest absolute Gasteiger partial charge is 0.275 e. The number of rotatable bonds is 3. The molecule has 104 valence electrons. The van der Waals surface area contributed by atoms with E-state index in [2.05, 4.69) is 5.10 Å². The molecular weight excluding hydrogens is 276 g/mol. The van der Waals surface area contributed by atoms with Crippen LogP contribution in [0, 0.1) is 13.8 Å². The maximum atomic E-state index is 12.0. The van der Waals surface area contributed by atoms with E-state index in [9.17, 15) is 9.59 Å². The molecule has 0 atom stereocenters. The molecule has 1 aromatic heterocycles. The number of aryl methyl sites for hydroxylation is 3. The molecule has 0 unspecified atom stereocenters. The van der Waals surface area contributed by atoms with Crippen molar-refractivity contribution in [2.45, 2.75) is 27.3 Å². The Hall–Kier alpha value is -1.94. The van der Waals surface area contributed by atoms with Crippen LogP contribution in [0.1, 0.15) is 28.4 Å². The first-order valence-electron chi connectivity index (χ1n) is 6.33. The van der Waals surface area contributed by atoms with Crippen molar-refractivity contribution in [2.75, 3.05) is 0 Å². The van der Waals surface area contributed by atoms with Gasteiger partial charge < -0.3 is 0 Å². The number of aromatic nitrogens is 2. The standard InChI is InChI=1S/C15H15ClN2O2/c1-4-18-15(20)12(14(16)19)8-13(17-18)11-7-9(2)5-6-10(11)3/h5-8H,4H2,1-3H3. The molecule has 0 aliphatic rings. The third-order valence-corrected chi connectivity index (χ3v) is 3.36. The van der Waals surface area contributed by atoms with Crippen LogP contribution in [-0.2, 0) is 6.54 Å². The van der Waals surface area contributed by atoms with Gasteiger partial charge in [-0.15, -0.1) is 0 Å². The summed E-state index contributed by atoms with van der Waals surface area (Å²) in [5.74, 6) is 0. The Balaban J connectivity index is 2.75. The van der Waals surface area contributed by atoms with Crippen molar-refractivity contribution in [3.8, 4) is 11.3 Å². The fourth-order valence-corrected chi connectivity index (χ4v) is 2.18. The Morgan fingerprint density at radius 1 is 1.30 bits per heavy atom. The summed E-state index contributed by atoms with van der Waals surface area (Å²) in [6, 6.07) is 7.43. The highest BCUT2D eigenvalue weighted by atomic mass is 35.5. The molecule has 0 N–H and O–H groups in total. The van der Waals surface area contributed by atoms with Crippen LogP contribution in [0.2, 0.25) is 0 Å². The Labute approximate surface area is 122 Å². The summed E-state index contributed by atoms with van der Waals surface area (Å²) in [5.41, 5.74) is 3.08. The zero-order valence-electron chi connectivity index (χ0n) is 11.6.